The summed E-state index contributed by atoms with van der Waals surface area (Å²) < 4.78 is 7.91. The van der Waals surface area contributed by atoms with Crippen LogP contribution in [0.4, 0.5) is 0 Å². The molecule has 1 aromatic heterocycles. The molecule has 3 rings (SSSR count). The molecule has 2 aromatic rings. The summed E-state index contributed by atoms with van der Waals surface area (Å²) in [6, 6.07) is 10.4. The van der Waals surface area contributed by atoms with E-state index in [1.165, 1.54) is 4.90 Å². The second kappa shape index (κ2) is 6.78. The maximum absolute atomic E-state index is 12.8. The molecule has 1 atom stereocenters. The van der Waals surface area contributed by atoms with E-state index < -0.39 is 12.0 Å². The number of carbonyl (C=O) groups is 2. The second-order valence-corrected chi connectivity index (χ2v) is 6.42. The molecule has 0 saturated carbocycles. The number of rotatable bonds is 3. The third kappa shape index (κ3) is 2.97. The van der Waals surface area contributed by atoms with Crippen LogP contribution < -0.4 is 0 Å². The van der Waals surface area contributed by atoms with Crippen molar-refractivity contribution in [3.8, 4) is 11.3 Å². The molecule has 0 spiro atoms. The van der Waals surface area contributed by atoms with Crippen molar-refractivity contribution in [2.45, 2.75) is 6.04 Å². The molecule has 1 aromatic carbocycles. The van der Waals surface area contributed by atoms with E-state index in [9.17, 15) is 14.7 Å². The molecule has 0 unspecified atom stereocenters. The maximum atomic E-state index is 12.8. The van der Waals surface area contributed by atoms with Crippen molar-refractivity contribution in [2.75, 3.05) is 19.8 Å². The van der Waals surface area contributed by atoms with Crippen LogP contribution in [0.2, 0.25) is 0 Å². The lowest BCUT2D eigenvalue weighted by atomic mass is 10.1. The van der Waals surface area contributed by atoms with Gasteiger partial charge in [-0.05, 0) is 18.2 Å². The Balaban J connectivity index is 1.94. The minimum atomic E-state index is -1.05. The highest BCUT2D eigenvalue weighted by atomic mass is 79.9. The zero-order valence-electron chi connectivity index (χ0n) is 13.1. The van der Waals surface area contributed by atoms with Crippen molar-refractivity contribution < 1.29 is 19.4 Å². The lowest BCUT2D eigenvalue weighted by molar-refractivity contribution is -0.147. The fraction of sp³-hybridized carbons (Fsp3) is 0.294. The average Bonchev–Trinajstić information content (AvgIpc) is 2.96. The highest BCUT2D eigenvalue weighted by Crippen LogP contribution is 2.29. The van der Waals surface area contributed by atoms with E-state index >= 15 is 0 Å². The van der Waals surface area contributed by atoms with Gasteiger partial charge in [-0.3, -0.25) is 4.79 Å². The lowest BCUT2D eigenvalue weighted by Gasteiger charge is -2.32. The zero-order chi connectivity index (χ0) is 17.3. The van der Waals surface area contributed by atoms with Gasteiger partial charge in [-0.1, -0.05) is 34.1 Å². The van der Waals surface area contributed by atoms with Crippen LogP contribution in [0.1, 0.15) is 10.5 Å². The molecule has 1 saturated heterocycles. The summed E-state index contributed by atoms with van der Waals surface area (Å²) in [6.07, 6.45) is 0. The third-order valence-electron chi connectivity index (χ3n) is 4.17. The normalized spacial score (nSPS) is 17.8. The Kier molecular flexibility index (Phi) is 4.73. The van der Waals surface area contributed by atoms with Gasteiger partial charge in [0, 0.05) is 29.3 Å². The standard InChI is InChI=1S/C17H17BrN2O4/c1-19-13(11-4-2-3-5-12(11)18)6-7-14(19)16(21)20-8-9-24-10-15(20)17(22)23/h2-7,15H,8-10H2,1H3,(H,22,23)/t15-/m0/s1. The van der Waals surface area contributed by atoms with E-state index in [0.29, 0.717) is 12.3 Å². The van der Waals surface area contributed by atoms with Crippen molar-refractivity contribution in [1.29, 1.82) is 0 Å². The van der Waals surface area contributed by atoms with Gasteiger partial charge in [0.25, 0.3) is 5.91 Å². The summed E-state index contributed by atoms with van der Waals surface area (Å²) in [5.41, 5.74) is 2.30. The fourth-order valence-electron chi connectivity index (χ4n) is 2.86. The number of amides is 1. The summed E-state index contributed by atoms with van der Waals surface area (Å²) in [5.74, 6) is -1.35. The van der Waals surface area contributed by atoms with E-state index in [4.69, 9.17) is 4.74 Å². The summed E-state index contributed by atoms with van der Waals surface area (Å²) in [4.78, 5) is 25.6. The molecule has 0 radical (unpaired) electrons. The number of carboxylic acid groups (broad SMARTS) is 1. The summed E-state index contributed by atoms with van der Waals surface area (Å²) >= 11 is 3.52. The maximum Gasteiger partial charge on any atom is 0.328 e. The Morgan fingerprint density at radius 2 is 2.00 bits per heavy atom. The van der Waals surface area contributed by atoms with Crippen LogP contribution in [0.25, 0.3) is 11.3 Å². The molecular weight excluding hydrogens is 376 g/mol. The Morgan fingerprint density at radius 3 is 2.71 bits per heavy atom. The van der Waals surface area contributed by atoms with Crippen molar-refractivity contribution >= 4 is 27.8 Å². The SMILES string of the molecule is Cn1c(C(=O)N2CCOC[C@H]2C(=O)O)ccc1-c1ccccc1Br. The molecule has 1 N–H and O–H groups in total. The Morgan fingerprint density at radius 1 is 1.25 bits per heavy atom. The first kappa shape index (κ1) is 16.7. The molecule has 0 aliphatic carbocycles. The first-order valence-electron chi connectivity index (χ1n) is 7.53. The predicted octanol–water partition coefficient (Wildman–Crippen LogP) is 2.38. The first-order valence-corrected chi connectivity index (χ1v) is 8.32. The van der Waals surface area contributed by atoms with Crippen LogP contribution >= 0.6 is 15.9 Å². The van der Waals surface area contributed by atoms with Crippen molar-refractivity contribution in [3.05, 3.63) is 46.6 Å². The van der Waals surface area contributed by atoms with Gasteiger partial charge in [0.15, 0.2) is 6.04 Å². The van der Waals surface area contributed by atoms with Crippen LogP contribution in [0.3, 0.4) is 0 Å². The highest BCUT2D eigenvalue weighted by Gasteiger charge is 2.34. The van der Waals surface area contributed by atoms with E-state index in [1.54, 1.807) is 17.7 Å². The van der Waals surface area contributed by atoms with Crippen molar-refractivity contribution in [1.82, 2.24) is 9.47 Å². The van der Waals surface area contributed by atoms with E-state index in [0.717, 1.165) is 15.7 Å². The highest BCUT2D eigenvalue weighted by molar-refractivity contribution is 9.10. The number of nitrogens with zero attached hydrogens (tertiary/aromatic N) is 2. The Hall–Kier alpha value is -2.12. The number of morpholine rings is 1. The molecule has 1 fully saturated rings. The lowest BCUT2D eigenvalue weighted by Crippen LogP contribution is -2.52. The summed E-state index contributed by atoms with van der Waals surface area (Å²) in [6.45, 7) is 0.630. The van der Waals surface area contributed by atoms with Gasteiger partial charge in [-0.25, -0.2) is 4.79 Å². The molecule has 1 aliphatic heterocycles. The number of aromatic nitrogens is 1. The monoisotopic (exact) mass is 392 g/mol. The quantitative estimate of drug-likeness (QED) is 0.870. The molecule has 126 valence electrons. The number of aliphatic carboxylic acids is 1. The first-order chi connectivity index (χ1) is 11.5. The molecular formula is C17H17BrN2O4. The minimum absolute atomic E-state index is 0.0165. The van der Waals surface area contributed by atoms with E-state index in [-0.39, 0.29) is 19.1 Å². The Bertz CT molecular complexity index is 787. The zero-order valence-corrected chi connectivity index (χ0v) is 14.7. The number of halogens is 1. The molecule has 1 aliphatic rings. The number of hydrogen-bond donors (Lipinski definition) is 1. The number of benzene rings is 1. The van der Waals surface area contributed by atoms with Gasteiger partial charge < -0.3 is 19.3 Å². The largest absolute Gasteiger partial charge is 0.480 e. The number of hydrogen-bond acceptors (Lipinski definition) is 3. The topological polar surface area (TPSA) is 71.8 Å². The third-order valence-corrected chi connectivity index (χ3v) is 4.86. The second-order valence-electron chi connectivity index (χ2n) is 5.57. The van der Waals surface area contributed by atoms with Crippen LogP contribution in [-0.4, -0.2) is 52.3 Å². The minimum Gasteiger partial charge on any atom is -0.480 e. The molecule has 1 amide bonds. The summed E-state index contributed by atoms with van der Waals surface area (Å²) in [5, 5.41) is 9.31. The summed E-state index contributed by atoms with van der Waals surface area (Å²) in [7, 11) is 1.80. The predicted molar refractivity (Wildman–Crippen MR) is 91.8 cm³/mol. The van der Waals surface area contributed by atoms with E-state index in [2.05, 4.69) is 15.9 Å². The molecule has 7 heteroatoms. The smallest absolute Gasteiger partial charge is 0.328 e. The Labute approximate surface area is 147 Å². The van der Waals surface area contributed by atoms with Crippen LogP contribution in [0.15, 0.2) is 40.9 Å². The van der Waals surface area contributed by atoms with Gasteiger partial charge in [0.05, 0.1) is 13.2 Å². The van der Waals surface area contributed by atoms with E-state index in [1.807, 2.05) is 30.3 Å². The van der Waals surface area contributed by atoms with Crippen molar-refractivity contribution in [2.24, 2.45) is 7.05 Å². The molecule has 0 bridgehead atoms. The van der Waals surface area contributed by atoms with Crippen LogP contribution in [0, 0.1) is 0 Å². The fourth-order valence-corrected chi connectivity index (χ4v) is 3.35. The van der Waals surface area contributed by atoms with Gasteiger partial charge in [0.1, 0.15) is 5.69 Å². The number of ether oxygens (including phenoxy) is 1. The van der Waals surface area contributed by atoms with Crippen molar-refractivity contribution in [3.63, 3.8) is 0 Å². The molecule has 6 nitrogen and oxygen atoms in total. The molecule has 24 heavy (non-hydrogen) atoms. The molecule has 2 heterocycles. The van der Waals surface area contributed by atoms with Crippen LogP contribution in [-0.2, 0) is 16.6 Å². The average molecular weight is 393 g/mol. The van der Waals surface area contributed by atoms with Gasteiger partial charge in [-0.15, -0.1) is 0 Å². The number of carboxylic acids is 1. The van der Waals surface area contributed by atoms with Gasteiger partial charge >= 0.3 is 5.97 Å². The van der Waals surface area contributed by atoms with Crippen LogP contribution in [0.5, 0.6) is 0 Å². The number of carbonyl (C=O) groups excluding carboxylic acids is 1. The van der Waals surface area contributed by atoms with Gasteiger partial charge in [-0.2, -0.15) is 0 Å². The van der Waals surface area contributed by atoms with Gasteiger partial charge in [0.2, 0.25) is 0 Å².